The van der Waals surface area contributed by atoms with Crippen LogP contribution in [0.4, 0.5) is 5.82 Å². The summed E-state index contributed by atoms with van der Waals surface area (Å²) in [6.45, 7) is 6.17. The number of imidazole rings is 1. The molecule has 6 nitrogen and oxygen atoms in total. The van der Waals surface area contributed by atoms with Gasteiger partial charge in [-0.15, -0.1) is 0 Å². The molecule has 1 saturated heterocycles. The lowest BCUT2D eigenvalue weighted by Gasteiger charge is -2.36. The van der Waals surface area contributed by atoms with Crippen molar-refractivity contribution in [1.82, 2.24) is 18.9 Å². The number of hydrogen-bond donors (Lipinski definition) is 1. The van der Waals surface area contributed by atoms with E-state index in [0.717, 1.165) is 59.8 Å². The van der Waals surface area contributed by atoms with Crippen LogP contribution in [-0.2, 0) is 18.3 Å². The summed E-state index contributed by atoms with van der Waals surface area (Å²) in [5.41, 5.74) is 2.51. The molecule has 0 radical (unpaired) electrons. The first kappa shape index (κ1) is 24.2. The zero-order chi connectivity index (χ0) is 22.3. The molecule has 1 amide bonds. The van der Waals surface area contributed by atoms with E-state index in [0.29, 0.717) is 17.6 Å². The Morgan fingerprint density at radius 2 is 2.06 bits per heavy atom. The SMILES string of the molecule is CCCCCCc1cccc(-c2nc(I)c([N+]3(CCO)CCCN(C=O)CC3)n2C)c1. The molecule has 1 unspecified atom stereocenters. The van der Waals surface area contributed by atoms with Crippen LogP contribution >= 0.6 is 22.6 Å². The Labute approximate surface area is 200 Å². The number of unbranched alkanes of at least 4 members (excludes halogenated alkanes) is 3. The third-order valence-electron chi connectivity index (χ3n) is 6.50. The summed E-state index contributed by atoms with van der Waals surface area (Å²) >= 11 is 2.34. The Morgan fingerprint density at radius 3 is 2.81 bits per heavy atom. The lowest BCUT2D eigenvalue weighted by molar-refractivity contribution is -0.118. The average Bonchev–Trinajstić information content (AvgIpc) is 2.94. The zero-order valence-corrected chi connectivity index (χ0v) is 21.1. The molecular weight excluding hydrogens is 503 g/mol. The summed E-state index contributed by atoms with van der Waals surface area (Å²) < 4.78 is 3.86. The molecule has 2 heterocycles. The molecule has 0 spiro atoms. The molecule has 2 aromatic rings. The quantitative estimate of drug-likeness (QED) is 0.215. The lowest BCUT2D eigenvalue weighted by Crippen LogP contribution is -2.54. The molecule has 170 valence electrons. The second-order valence-corrected chi connectivity index (χ2v) is 9.68. The van der Waals surface area contributed by atoms with E-state index in [1.807, 2.05) is 4.90 Å². The van der Waals surface area contributed by atoms with Gasteiger partial charge in [-0.1, -0.05) is 44.4 Å². The molecule has 1 fully saturated rings. The van der Waals surface area contributed by atoms with Crippen molar-refractivity contribution in [1.29, 1.82) is 0 Å². The minimum atomic E-state index is 0.116. The number of nitrogens with zero attached hydrogens (tertiary/aromatic N) is 4. The highest BCUT2D eigenvalue weighted by molar-refractivity contribution is 14.1. The molecule has 7 heteroatoms. The van der Waals surface area contributed by atoms with E-state index in [9.17, 15) is 9.90 Å². The van der Waals surface area contributed by atoms with Crippen LogP contribution in [0, 0.1) is 3.70 Å². The fraction of sp³-hybridized carbons (Fsp3) is 0.583. The number of aliphatic hydroxyl groups is 1. The van der Waals surface area contributed by atoms with E-state index < -0.39 is 0 Å². The van der Waals surface area contributed by atoms with Crippen molar-refractivity contribution in [2.75, 3.05) is 39.3 Å². The third-order valence-corrected chi connectivity index (χ3v) is 7.22. The van der Waals surface area contributed by atoms with Crippen molar-refractivity contribution in [3.8, 4) is 11.4 Å². The lowest BCUT2D eigenvalue weighted by atomic mass is 10.0. The van der Waals surface area contributed by atoms with Gasteiger partial charge in [-0.3, -0.25) is 13.8 Å². The topological polar surface area (TPSA) is 58.4 Å². The number of aliphatic hydroxyl groups excluding tert-OH is 1. The largest absolute Gasteiger partial charge is 0.390 e. The normalized spacial score (nSPS) is 19.4. The number of aryl methyl sites for hydroxylation is 1. The van der Waals surface area contributed by atoms with Crippen LogP contribution in [0.15, 0.2) is 24.3 Å². The van der Waals surface area contributed by atoms with Gasteiger partial charge in [-0.05, 0) is 47.1 Å². The molecule has 1 N–H and O–H groups in total. The van der Waals surface area contributed by atoms with Crippen molar-refractivity contribution in [2.45, 2.75) is 45.4 Å². The summed E-state index contributed by atoms with van der Waals surface area (Å²) in [5, 5.41) is 9.89. The van der Waals surface area contributed by atoms with Crippen LogP contribution in [0.5, 0.6) is 0 Å². The minimum Gasteiger partial charge on any atom is -0.390 e. The van der Waals surface area contributed by atoms with Crippen molar-refractivity contribution in [3.63, 3.8) is 0 Å². The molecule has 0 aliphatic carbocycles. The van der Waals surface area contributed by atoms with Gasteiger partial charge >= 0.3 is 0 Å². The van der Waals surface area contributed by atoms with Gasteiger partial charge in [0, 0.05) is 25.6 Å². The fourth-order valence-corrected chi connectivity index (χ4v) is 5.91. The van der Waals surface area contributed by atoms with Crippen LogP contribution in [0.25, 0.3) is 11.4 Å². The van der Waals surface area contributed by atoms with Gasteiger partial charge < -0.3 is 10.0 Å². The Morgan fingerprint density at radius 1 is 1.23 bits per heavy atom. The smallest absolute Gasteiger partial charge is 0.242 e. The predicted octanol–water partition coefficient (Wildman–Crippen LogP) is 3.98. The van der Waals surface area contributed by atoms with Gasteiger partial charge in [0.2, 0.25) is 12.2 Å². The van der Waals surface area contributed by atoms with Gasteiger partial charge in [0.05, 0.1) is 19.7 Å². The average molecular weight is 539 g/mol. The minimum absolute atomic E-state index is 0.116. The first-order valence-corrected chi connectivity index (χ1v) is 12.6. The Kier molecular flexibility index (Phi) is 8.92. The molecule has 31 heavy (non-hydrogen) atoms. The van der Waals surface area contributed by atoms with Crippen LogP contribution in [0.1, 0.15) is 44.6 Å². The van der Waals surface area contributed by atoms with E-state index in [2.05, 4.69) is 65.4 Å². The Balaban J connectivity index is 1.91. The number of rotatable bonds is 10. The molecule has 0 bridgehead atoms. The van der Waals surface area contributed by atoms with Crippen LogP contribution in [-0.4, -0.2) is 65.3 Å². The maximum absolute atomic E-state index is 11.3. The molecule has 0 saturated carbocycles. The highest BCUT2D eigenvalue weighted by atomic mass is 127. The maximum atomic E-state index is 11.3. The first-order chi connectivity index (χ1) is 15.0. The third kappa shape index (κ3) is 5.68. The van der Waals surface area contributed by atoms with Gasteiger partial charge in [-0.25, -0.2) is 4.98 Å². The fourth-order valence-electron chi connectivity index (χ4n) is 4.81. The van der Waals surface area contributed by atoms with Gasteiger partial charge in [0.15, 0.2) is 3.70 Å². The Hall–Kier alpha value is -1.45. The number of quaternary nitrogens is 1. The number of hydrogen-bond acceptors (Lipinski definition) is 3. The van der Waals surface area contributed by atoms with Crippen molar-refractivity contribution < 1.29 is 9.90 Å². The van der Waals surface area contributed by atoms with E-state index in [4.69, 9.17) is 4.98 Å². The number of benzene rings is 1. The summed E-state index contributed by atoms with van der Waals surface area (Å²) in [6, 6.07) is 8.77. The molecule has 1 aromatic carbocycles. The molecule has 1 aliphatic rings. The standard InChI is InChI=1S/C24H36IN4O2/c1-3-4-5-6-9-20-10-7-11-21(18-20)23-26-22(25)24(27(23)2)29(16-17-30)14-8-12-28(19-31)13-15-29/h7,10-11,18-19,30H,3-6,8-9,12-17H2,1-2H3/q+1. The number of halogens is 1. The highest BCUT2D eigenvalue weighted by Crippen LogP contribution is 2.34. The second-order valence-electron chi connectivity index (χ2n) is 8.65. The number of aromatic nitrogens is 2. The molecule has 1 aromatic heterocycles. The molecule has 1 atom stereocenters. The maximum Gasteiger partial charge on any atom is 0.242 e. The molecule has 1 aliphatic heterocycles. The number of carbonyl (C=O) groups is 1. The number of carbonyl (C=O) groups excluding carboxylic acids is 1. The highest BCUT2D eigenvalue weighted by Gasteiger charge is 2.38. The second kappa shape index (κ2) is 11.4. The van der Waals surface area contributed by atoms with Crippen LogP contribution < -0.4 is 4.48 Å². The van der Waals surface area contributed by atoms with Gasteiger partial charge in [-0.2, -0.15) is 0 Å². The summed E-state index contributed by atoms with van der Waals surface area (Å²) in [5.74, 6) is 2.12. The van der Waals surface area contributed by atoms with E-state index >= 15 is 0 Å². The van der Waals surface area contributed by atoms with E-state index in [1.54, 1.807) is 0 Å². The van der Waals surface area contributed by atoms with E-state index in [1.165, 1.54) is 31.2 Å². The van der Waals surface area contributed by atoms with Gasteiger partial charge in [0.25, 0.3) is 0 Å². The number of amides is 1. The summed E-state index contributed by atoms with van der Waals surface area (Å²) in [4.78, 5) is 18.2. The zero-order valence-electron chi connectivity index (χ0n) is 18.9. The molecule has 3 rings (SSSR count). The summed E-state index contributed by atoms with van der Waals surface area (Å²) in [6.07, 6.45) is 8.04. The van der Waals surface area contributed by atoms with Crippen LogP contribution in [0.3, 0.4) is 0 Å². The first-order valence-electron chi connectivity index (χ1n) is 11.5. The molecular formula is C24H36IN4O2+. The van der Waals surface area contributed by atoms with Crippen molar-refractivity contribution in [2.24, 2.45) is 7.05 Å². The van der Waals surface area contributed by atoms with Gasteiger partial charge in [0.1, 0.15) is 18.9 Å². The van der Waals surface area contributed by atoms with E-state index in [-0.39, 0.29) is 6.61 Å². The van der Waals surface area contributed by atoms with Crippen molar-refractivity contribution >= 4 is 34.8 Å². The Bertz CT molecular complexity index is 869. The predicted molar refractivity (Wildman–Crippen MR) is 135 cm³/mol. The monoisotopic (exact) mass is 539 g/mol. The summed E-state index contributed by atoms with van der Waals surface area (Å²) in [7, 11) is 2.09. The van der Waals surface area contributed by atoms with Crippen molar-refractivity contribution in [3.05, 3.63) is 33.5 Å². The van der Waals surface area contributed by atoms with Crippen LogP contribution in [0.2, 0.25) is 0 Å².